The molecule has 2 heterocycles. The molecule has 18 heavy (non-hydrogen) atoms. The molecule has 100 valence electrons. The lowest BCUT2D eigenvalue weighted by atomic mass is 10.1. The zero-order valence-electron chi connectivity index (χ0n) is 11.6. The molecule has 1 unspecified atom stereocenters. The standard InChI is InChI=1S/C14H23N3S/c1-4-12-8-17(5-6-18-12)9-13-11(3)14(15)10(2)7-16-13/h7,12H,4-6,8-9H2,1-3H3,(H2,15,16). The molecule has 2 N–H and O–H groups in total. The van der Waals surface area contributed by atoms with Crippen molar-refractivity contribution in [1.82, 2.24) is 9.88 Å². The van der Waals surface area contributed by atoms with Gasteiger partial charge in [-0.05, 0) is 31.4 Å². The van der Waals surface area contributed by atoms with Gasteiger partial charge in [0, 0.05) is 42.5 Å². The lowest BCUT2D eigenvalue weighted by molar-refractivity contribution is 0.269. The Morgan fingerprint density at radius 1 is 1.50 bits per heavy atom. The number of hydrogen-bond acceptors (Lipinski definition) is 4. The highest BCUT2D eigenvalue weighted by atomic mass is 32.2. The van der Waals surface area contributed by atoms with Crippen LogP contribution >= 0.6 is 11.8 Å². The average molecular weight is 265 g/mol. The van der Waals surface area contributed by atoms with Crippen molar-refractivity contribution in [2.75, 3.05) is 24.6 Å². The zero-order valence-corrected chi connectivity index (χ0v) is 12.4. The van der Waals surface area contributed by atoms with Crippen LogP contribution in [0.1, 0.15) is 30.2 Å². The van der Waals surface area contributed by atoms with Gasteiger partial charge in [-0.15, -0.1) is 0 Å². The second kappa shape index (κ2) is 5.93. The Hall–Kier alpha value is -0.740. The molecule has 0 amide bonds. The van der Waals surface area contributed by atoms with Crippen LogP contribution < -0.4 is 5.73 Å². The van der Waals surface area contributed by atoms with E-state index in [1.54, 1.807) is 0 Å². The van der Waals surface area contributed by atoms with Gasteiger partial charge in [-0.25, -0.2) is 0 Å². The maximum atomic E-state index is 6.08. The minimum absolute atomic E-state index is 0.779. The summed E-state index contributed by atoms with van der Waals surface area (Å²) in [4.78, 5) is 7.06. The van der Waals surface area contributed by atoms with Crippen LogP contribution in [-0.4, -0.2) is 34.0 Å². The van der Waals surface area contributed by atoms with E-state index in [0.717, 1.165) is 40.8 Å². The normalized spacial score (nSPS) is 21.2. The number of rotatable bonds is 3. The van der Waals surface area contributed by atoms with Crippen molar-refractivity contribution in [3.63, 3.8) is 0 Å². The molecule has 2 rings (SSSR count). The number of aromatic nitrogens is 1. The Morgan fingerprint density at radius 3 is 3.00 bits per heavy atom. The van der Waals surface area contributed by atoms with Gasteiger partial charge in [0.05, 0.1) is 5.69 Å². The lowest BCUT2D eigenvalue weighted by Crippen LogP contribution is -2.37. The van der Waals surface area contributed by atoms with E-state index in [0.29, 0.717) is 0 Å². The number of anilines is 1. The molecule has 1 saturated heterocycles. The Kier molecular flexibility index (Phi) is 4.51. The van der Waals surface area contributed by atoms with E-state index in [1.807, 2.05) is 13.1 Å². The van der Waals surface area contributed by atoms with E-state index in [9.17, 15) is 0 Å². The number of aryl methyl sites for hydroxylation is 1. The Labute approximate surface area is 114 Å². The molecule has 0 spiro atoms. The maximum Gasteiger partial charge on any atom is 0.0593 e. The molecular formula is C14H23N3S. The van der Waals surface area contributed by atoms with Crippen molar-refractivity contribution in [3.05, 3.63) is 23.0 Å². The fraction of sp³-hybridized carbons (Fsp3) is 0.643. The third-order valence-corrected chi connectivity index (χ3v) is 5.10. The van der Waals surface area contributed by atoms with Crippen molar-refractivity contribution in [1.29, 1.82) is 0 Å². The summed E-state index contributed by atoms with van der Waals surface area (Å²) in [5.74, 6) is 1.24. The van der Waals surface area contributed by atoms with Crippen LogP contribution in [0.2, 0.25) is 0 Å². The highest BCUT2D eigenvalue weighted by Gasteiger charge is 2.20. The van der Waals surface area contributed by atoms with Gasteiger partial charge in [0.15, 0.2) is 0 Å². The van der Waals surface area contributed by atoms with Crippen LogP contribution in [0.5, 0.6) is 0 Å². The summed E-state index contributed by atoms with van der Waals surface area (Å²) in [6.45, 7) is 9.65. The number of nitrogens with two attached hydrogens (primary N) is 1. The van der Waals surface area contributed by atoms with E-state index >= 15 is 0 Å². The topological polar surface area (TPSA) is 42.2 Å². The first-order chi connectivity index (χ1) is 8.61. The number of thioether (sulfide) groups is 1. The van der Waals surface area contributed by atoms with Gasteiger partial charge in [-0.2, -0.15) is 11.8 Å². The van der Waals surface area contributed by atoms with Crippen molar-refractivity contribution >= 4 is 17.4 Å². The van der Waals surface area contributed by atoms with Gasteiger partial charge in [0.2, 0.25) is 0 Å². The summed E-state index contributed by atoms with van der Waals surface area (Å²) in [7, 11) is 0. The quantitative estimate of drug-likeness (QED) is 0.912. The number of nitrogens with zero attached hydrogens (tertiary/aromatic N) is 2. The smallest absolute Gasteiger partial charge is 0.0593 e. The highest BCUT2D eigenvalue weighted by molar-refractivity contribution is 8.00. The van der Waals surface area contributed by atoms with Gasteiger partial charge >= 0.3 is 0 Å². The summed E-state index contributed by atoms with van der Waals surface area (Å²) in [5, 5.41) is 0.779. The van der Waals surface area contributed by atoms with E-state index in [2.05, 4.69) is 35.5 Å². The summed E-state index contributed by atoms with van der Waals surface area (Å²) < 4.78 is 0. The highest BCUT2D eigenvalue weighted by Crippen LogP contribution is 2.24. The molecule has 0 aromatic carbocycles. The average Bonchev–Trinajstić information content (AvgIpc) is 2.40. The Morgan fingerprint density at radius 2 is 2.28 bits per heavy atom. The minimum atomic E-state index is 0.779. The van der Waals surface area contributed by atoms with Crippen molar-refractivity contribution in [3.8, 4) is 0 Å². The van der Waals surface area contributed by atoms with Gasteiger partial charge < -0.3 is 5.73 Å². The molecule has 1 aromatic rings. The molecule has 1 fully saturated rings. The van der Waals surface area contributed by atoms with Crippen LogP contribution in [0.15, 0.2) is 6.20 Å². The number of nitrogen functional groups attached to an aromatic ring is 1. The zero-order chi connectivity index (χ0) is 13.1. The molecule has 0 aliphatic carbocycles. The van der Waals surface area contributed by atoms with Crippen LogP contribution in [0.4, 0.5) is 5.69 Å². The second-order valence-corrected chi connectivity index (χ2v) is 6.47. The molecule has 0 saturated carbocycles. The van der Waals surface area contributed by atoms with Crippen LogP contribution in [0.25, 0.3) is 0 Å². The molecule has 4 heteroatoms. The monoisotopic (exact) mass is 265 g/mol. The number of pyridine rings is 1. The maximum absolute atomic E-state index is 6.08. The van der Waals surface area contributed by atoms with Crippen molar-refractivity contribution < 1.29 is 0 Å². The van der Waals surface area contributed by atoms with Gasteiger partial charge in [-0.3, -0.25) is 9.88 Å². The van der Waals surface area contributed by atoms with Crippen LogP contribution in [-0.2, 0) is 6.54 Å². The summed E-state index contributed by atoms with van der Waals surface area (Å²) in [6.07, 6.45) is 3.15. The third-order valence-electron chi connectivity index (χ3n) is 3.73. The number of hydrogen-bond donors (Lipinski definition) is 1. The molecule has 0 bridgehead atoms. The molecule has 1 aliphatic rings. The molecule has 1 aromatic heterocycles. The molecule has 3 nitrogen and oxygen atoms in total. The van der Waals surface area contributed by atoms with Crippen LogP contribution in [0.3, 0.4) is 0 Å². The lowest BCUT2D eigenvalue weighted by Gasteiger charge is -2.32. The van der Waals surface area contributed by atoms with Crippen molar-refractivity contribution in [2.45, 2.75) is 39.0 Å². The van der Waals surface area contributed by atoms with E-state index in [4.69, 9.17) is 5.73 Å². The summed E-state index contributed by atoms with van der Waals surface area (Å²) >= 11 is 2.10. The Bertz CT molecular complexity index is 420. The van der Waals surface area contributed by atoms with Crippen molar-refractivity contribution in [2.24, 2.45) is 0 Å². The SMILES string of the molecule is CCC1CN(Cc2ncc(C)c(N)c2C)CCS1. The van der Waals surface area contributed by atoms with E-state index < -0.39 is 0 Å². The molecule has 0 radical (unpaired) electrons. The van der Waals surface area contributed by atoms with Gasteiger partial charge in [-0.1, -0.05) is 6.92 Å². The molecule has 1 atom stereocenters. The predicted octanol–water partition coefficient (Wildman–Crippen LogP) is 2.61. The second-order valence-electron chi connectivity index (χ2n) is 5.06. The third kappa shape index (κ3) is 2.98. The van der Waals surface area contributed by atoms with E-state index in [-0.39, 0.29) is 0 Å². The fourth-order valence-corrected chi connectivity index (χ4v) is 3.58. The summed E-state index contributed by atoms with van der Waals surface area (Å²) in [5.41, 5.74) is 10.4. The summed E-state index contributed by atoms with van der Waals surface area (Å²) in [6, 6.07) is 0. The van der Waals surface area contributed by atoms with E-state index in [1.165, 1.54) is 18.7 Å². The minimum Gasteiger partial charge on any atom is -0.398 e. The first-order valence-electron chi connectivity index (χ1n) is 6.66. The first kappa shape index (κ1) is 13.7. The van der Waals surface area contributed by atoms with Gasteiger partial charge in [0.1, 0.15) is 0 Å². The molecular weight excluding hydrogens is 242 g/mol. The Balaban J connectivity index is 2.07. The first-order valence-corrected chi connectivity index (χ1v) is 7.71. The van der Waals surface area contributed by atoms with Crippen LogP contribution in [0, 0.1) is 13.8 Å². The van der Waals surface area contributed by atoms with Gasteiger partial charge in [0.25, 0.3) is 0 Å². The largest absolute Gasteiger partial charge is 0.398 e. The fourth-order valence-electron chi connectivity index (χ4n) is 2.33. The predicted molar refractivity (Wildman–Crippen MR) is 79.9 cm³/mol. The molecule has 1 aliphatic heterocycles.